The van der Waals surface area contributed by atoms with E-state index in [2.05, 4.69) is 27.3 Å². The number of rotatable bonds is 5. The first kappa shape index (κ1) is 20.5. The Morgan fingerprint density at radius 3 is 2.40 bits per heavy atom. The molecular weight excluding hydrogens is 395 g/mol. The van der Waals surface area contributed by atoms with Gasteiger partial charge in [0.2, 0.25) is 5.95 Å². The predicted octanol–water partition coefficient (Wildman–Crippen LogP) is 4.89. The number of ether oxygens (including phenoxy) is 1. The average molecular weight is 419 g/mol. The molecule has 0 amide bonds. The zero-order chi connectivity index (χ0) is 21.3. The molecule has 2 aromatic heterocycles. The van der Waals surface area contributed by atoms with E-state index in [-0.39, 0.29) is 0 Å². The zero-order valence-electron chi connectivity index (χ0n) is 16.9. The Labute approximate surface area is 172 Å². The maximum absolute atomic E-state index is 12.7. The van der Waals surface area contributed by atoms with Gasteiger partial charge in [-0.25, -0.2) is 0 Å². The normalized spacial score (nSPS) is 19.8. The lowest BCUT2D eigenvalue weighted by atomic mass is 9.92. The Kier molecular flexibility index (Phi) is 5.55. The maximum atomic E-state index is 12.7. The number of halogens is 3. The fraction of sp³-hybridized carbons (Fsp3) is 0.429. The van der Waals surface area contributed by atoms with Crippen molar-refractivity contribution in [1.82, 2.24) is 14.6 Å². The van der Waals surface area contributed by atoms with E-state index in [0.29, 0.717) is 29.4 Å². The van der Waals surface area contributed by atoms with E-state index in [9.17, 15) is 13.2 Å². The Balaban J connectivity index is 1.53. The van der Waals surface area contributed by atoms with Gasteiger partial charge in [0.1, 0.15) is 5.82 Å². The lowest BCUT2D eigenvalue weighted by Crippen LogP contribution is -2.37. The van der Waals surface area contributed by atoms with Crippen LogP contribution in [-0.2, 0) is 10.9 Å². The fourth-order valence-electron chi connectivity index (χ4n) is 3.94. The standard InChI is InChI=1S/C21H24F3N5O/c1-28(16-10-12-17(30-2)13-11-16)19-5-3-4-18-26-20(27-29(18)19)25-15-8-6-14(7-9-15)21(22,23)24/h3-9,16-17H,10-13H2,1-2H3,(H,25,27). The van der Waals surface area contributed by atoms with Gasteiger partial charge in [0.05, 0.1) is 11.7 Å². The van der Waals surface area contributed by atoms with Crippen LogP contribution in [0.15, 0.2) is 42.5 Å². The number of hydrogen-bond donors (Lipinski definition) is 1. The van der Waals surface area contributed by atoms with Crippen LogP contribution in [0.25, 0.3) is 5.65 Å². The van der Waals surface area contributed by atoms with Crippen molar-refractivity contribution in [3.63, 3.8) is 0 Å². The summed E-state index contributed by atoms with van der Waals surface area (Å²) in [7, 11) is 3.81. The summed E-state index contributed by atoms with van der Waals surface area (Å²) in [4.78, 5) is 6.68. The number of aromatic nitrogens is 3. The number of fused-ring (bicyclic) bond motifs is 1. The van der Waals surface area contributed by atoms with E-state index in [1.54, 1.807) is 11.6 Å². The van der Waals surface area contributed by atoms with Crippen LogP contribution in [0.5, 0.6) is 0 Å². The molecule has 160 valence electrons. The minimum Gasteiger partial charge on any atom is -0.381 e. The second-order valence-corrected chi connectivity index (χ2v) is 7.57. The summed E-state index contributed by atoms with van der Waals surface area (Å²) in [6.45, 7) is 0. The van der Waals surface area contributed by atoms with Crippen LogP contribution in [0.3, 0.4) is 0 Å². The summed E-state index contributed by atoms with van der Waals surface area (Å²) in [6.07, 6.45) is 0.102. The number of benzene rings is 1. The summed E-state index contributed by atoms with van der Waals surface area (Å²) in [5, 5.41) is 7.52. The van der Waals surface area contributed by atoms with Crippen molar-refractivity contribution in [2.24, 2.45) is 0 Å². The van der Waals surface area contributed by atoms with Gasteiger partial charge in [-0.1, -0.05) is 6.07 Å². The van der Waals surface area contributed by atoms with E-state index in [1.165, 1.54) is 12.1 Å². The third-order valence-corrected chi connectivity index (χ3v) is 5.69. The predicted molar refractivity (Wildman–Crippen MR) is 109 cm³/mol. The third-order valence-electron chi connectivity index (χ3n) is 5.69. The molecule has 0 spiro atoms. The van der Waals surface area contributed by atoms with Crippen LogP contribution < -0.4 is 10.2 Å². The Morgan fingerprint density at radius 1 is 1.07 bits per heavy atom. The number of nitrogens with one attached hydrogen (secondary N) is 1. The first-order chi connectivity index (χ1) is 14.3. The Hall–Kier alpha value is -2.81. The van der Waals surface area contributed by atoms with Crippen molar-refractivity contribution in [2.45, 2.75) is 44.0 Å². The first-order valence-corrected chi connectivity index (χ1v) is 9.91. The largest absolute Gasteiger partial charge is 0.416 e. The van der Waals surface area contributed by atoms with Crippen LogP contribution in [-0.4, -0.2) is 40.9 Å². The van der Waals surface area contributed by atoms with Gasteiger partial charge in [-0.15, -0.1) is 5.10 Å². The minimum atomic E-state index is -4.36. The van der Waals surface area contributed by atoms with Gasteiger partial charge in [-0.05, 0) is 62.1 Å². The number of hydrogen-bond acceptors (Lipinski definition) is 5. The van der Waals surface area contributed by atoms with Gasteiger partial charge in [-0.2, -0.15) is 22.7 Å². The van der Waals surface area contributed by atoms with Crippen LogP contribution in [0.4, 0.5) is 30.6 Å². The summed E-state index contributed by atoms with van der Waals surface area (Å²) in [5.74, 6) is 1.25. The number of anilines is 3. The molecule has 0 radical (unpaired) electrons. The maximum Gasteiger partial charge on any atom is 0.416 e. The highest BCUT2D eigenvalue weighted by atomic mass is 19.4. The molecule has 6 nitrogen and oxygen atoms in total. The second-order valence-electron chi connectivity index (χ2n) is 7.57. The monoisotopic (exact) mass is 419 g/mol. The molecule has 2 heterocycles. The van der Waals surface area contributed by atoms with E-state index in [1.807, 2.05) is 18.2 Å². The number of alkyl halides is 3. The molecule has 1 aromatic carbocycles. The van der Waals surface area contributed by atoms with E-state index >= 15 is 0 Å². The Bertz CT molecular complexity index is 994. The topological polar surface area (TPSA) is 54.7 Å². The summed E-state index contributed by atoms with van der Waals surface area (Å²) in [5.41, 5.74) is 0.467. The molecule has 3 aromatic rings. The summed E-state index contributed by atoms with van der Waals surface area (Å²) in [6, 6.07) is 11.0. The summed E-state index contributed by atoms with van der Waals surface area (Å²) >= 11 is 0. The van der Waals surface area contributed by atoms with E-state index < -0.39 is 11.7 Å². The van der Waals surface area contributed by atoms with Gasteiger partial charge in [0.25, 0.3) is 0 Å². The second kappa shape index (κ2) is 8.14. The molecule has 4 rings (SSSR count). The van der Waals surface area contributed by atoms with Crippen molar-refractivity contribution >= 4 is 23.1 Å². The molecule has 0 aliphatic heterocycles. The summed E-state index contributed by atoms with van der Waals surface area (Å²) < 4.78 is 45.4. The Morgan fingerprint density at radius 2 is 1.77 bits per heavy atom. The fourth-order valence-corrected chi connectivity index (χ4v) is 3.94. The molecule has 1 aliphatic rings. The zero-order valence-corrected chi connectivity index (χ0v) is 16.9. The molecule has 0 bridgehead atoms. The smallest absolute Gasteiger partial charge is 0.381 e. The van der Waals surface area contributed by atoms with Crippen molar-refractivity contribution in [1.29, 1.82) is 0 Å². The van der Waals surface area contributed by atoms with Crippen molar-refractivity contribution in [3.8, 4) is 0 Å². The van der Waals surface area contributed by atoms with Crippen LogP contribution in [0.1, 0.15) is 31.2 Å². The van der Waals surface area contributed by atoms with Crippen molar-refractivity contribution < 1.29 is 17.9 Å². The highest BCUT2D eigenvalue weighted by Crippen LogP contribution is 2.31. The highest BCUT2D eigenvalue weighted by Gasteiger charge is 2.30. The van der Waals surface area contributed by atoms with Gasteiger partial charge in [-0.3, -0.25) is 0 Å². The lowest BCUT2D eigenvalue weighted by Gasteiger charge is -2.35. The van der Waals surface area contributed by atoms with E-state index in [4.69, 9.17) is 4.74 Å². The van der Waals surface area contributed by atoms with Gasteiger partial charge in [0.15, 0.2) is 5.65 Å². The molecule has 1 N–H and O–H groups in total. The van der Waals surface area contributed by atoms with Gasteiger partial charge < -0.3 is 15.0 Å². The number of nitrogens with zero attached hydrogens (tertiary/aromatic N) is 4. The molecule has 9 heteroatoms. The van der Waals surface area contributed by atoms with Crippen molar-refractivity contribution in [3.05, 3.63) is 48.0 Å². The van der Waals surface area contributed by atoms with Crippen LogP contribution in [0.2, 0.25) is 0 Å². The average Bonchev–Trinajstić information content (AvgIpc) is 3.15. The molecule has 1 fully saturated rings. The van der Waals surface area contributed by atoms with Gasteiger partial charge >= 0.3 is 6.18 Å². The lowest BCUT2D eigenvalue weighted by molar-refractivity contribution is -0.137. The third kappa shape index (κ3) is 4.21. The molecular formula is C21H24F3N5O. The molecule has 0 saturated heterocycles. The van der Waals surface area contributed by atoms with E-state index in [0.717, 1.165) is 43.6 Å². The molecule has 30 heavy (non-hydrogen) atoms. The molecule has 1 aliphatic carbocycles. The van der Waals surface area contributed by atoms with Crippen molar-refractivity contribution in [2.75, 3.05) is 24.4 Å². The first-order valence-electron chi connectivity index (χ1n) is 9.91. The number of pyridine rings is 1. The quantitative estimate of drug-likeness (QED) is 0.639. The minimum absolute atomic E-state index is 0.330. The van der Waals surface area contributed by atoms with Crippen LogP contribution >= 0.6 is 0 Å². The van der Waals surface area contributed by atoms with Gasteiger partial charge in [0, 0.05) is 25.9 Å². The number of methoxy groups -OCH3 is 1. The van der Waals surface area contributed by atoms with Crippen LogP contribution in [0, 0.1) is 0 Å². The highest BCUT2D eigenvalue weighted by molar-refractivity contribution is 5.58. The molecule has 1 saturated carbocycles. The SMILES string of the molecule is COC1CCC(N(C)c2cccc3nc(Nc4ccc(C(F)(F)F)cc4)nn23)CC1. The molecule has 0 unspecified atom stereocenters. The molecule has 0 atom stereocenters.